The molecule has 2 aliphatic rings. The molecule has 1 aromatic rings. The largest absolute Gasteiger partial charge is 0.481 e. The number of fused-ring (bicyclic) bond motifs is 1. The third kappa shape index (κ3) is 2.77. The number of carboxylic acid groups (broad SMARTS) is 1. The second kappa shape index (κ2) is 5.40. The van der Waals surface area contributed by atoms with E-state index in [0.717, 1.165) is 31.4 Å². The maximum atomic E-state index is 11.9. The second-order valence-corrected chi connectivity index (χ2v) is 6.47. The van der Waals surface area contributed by atoms with E-state index in [4.69, 9.17) is 5.11 Å². The zero-order valence-electron chi connectivity index (χ0n) is 11.0. The van der Waals surface area contributed by atoms with Gasteiger partial charge >= 0.3 is 12.0 Å². The van der Waals surface area contributed by atoms with Gasteiger partial charge in [0.1, 0.15) is 0 Å². The molecule has 1 fully saturated rings. The molecule has 7 heteroatoms. The number of amides is 2. The minimum atomic E-state index is -0.772. The summed E-state index contributed by atoms with van der Waals surface area (Å²) in [6.07, 6.45) is 5.07. The Labute approximate surface area is 120 Å². The van der Waals surface area contributed by atoms with Gasteiger partial charge < -0.3 is 10.4 Å². The molecule has 1 saturated carbocycles. The van der Waals surface area contributed by atoms with Crippen LogP contribution in [0.1, 0.15) is 36.3 Å². The molecular weight excluding hydrogens is 278 g/mol. The van der Waals surface area contributed by atoms with Gasteiger partial charge in [-0.2, -0.15) is 0 Å². The molecule has 1 heterocycles. The first-order valence-electron chi connectivity index (χ1n) is 6.90. The van der Waals surface area contributed by atoms with Gasteiger partial charge in [-0.3, -0.25) is 10.1 Å². The lowest BCUT2D eigenvalue weighted by atomic mass is 10.1. The smallest absolute Gasteiger partial charge is 0.321 e. The minimum Gasteiger partial charge on any atom is -0.481 e. The molecule has 0 unspecified atom stereocenters. The summed E-state index contributed by atoms with van der Waals surface area (Å²) in [4.78, 5) is 28.4. The Balaban J connectivity index is 1.51. The van der Waals surface area contributed by atoms with E-state index in [-0.39, 0.29) is 18.0 Å². The van der Waals surface area contributed by atoms with Crippen molar-refractivity contribution in [1.29, 1.82) is 0 Å². The molecular formula is C13H17N3O3S. The number of thiazole rings is 1. The van der Waals surface area contributed by atoms with Gasteiger partial charge in [0.05, 0.1) is 11.6 Å². The molecule has 20 heavy (non-hydrogen) atoms. The SMILES string of the molecule is O=C(Nc1nc2c(s1)CCC2)N[C@H]1CC[C@@H](C(=O)O)C1. The first kappa shape index (κ1) is 13.4. The predicted octanol–water partition coefficient (Wildman–Crippen LogP) is 2.01. The number of aliphatic carboxylic acids is 1. The molecule has 3 N–H and O–H groups in total. The Hall–Kier alpha value is -1.63. The van der Waals surface area contributed by atoms with Crippen molar-refractivity contribution in [1.82, 2.24) is 10.3 Å². The zero-order chi connectivity index (χ0) is 14.1. The number of carbonyl (C=O) groups excluding carboxylic acids is 1. The van der Waals surface area contributed by atoms with Crippen molar-refractivity contribution in [3.63, 3.8) is 0 Å². The van der Waals surface area contributed by atoms with E-state index in [2.05, 4.69) is 15.6 Å². The molecule has 0 radical (unpaired) electrons. The Bertz CT molecular complexity index is 521. The standard InChI is InChI=1S/C13H17N3O3S/c17-11(18)7-4-5-8(6-7)14-12(19)16-13-15-9-2-1-3-10(9)20-13/h7-8H,1-6H2,(H,17,18)(H2,14,15,16,19)/t7-,8+/m1/s1. The number of carboxylic acids is 1. The van der Waals surface area contributed by atoms with Crippen LogP contribution in [0.2, 0.25) is 0 Å². The number of aryl methyl sites for hydroxylation is 2. The van der Waals surface area contributed by atoms with Crippen molar-refractivity contribution in [3.8, 4) is 0 Å². The number of hydrogen-bond acceptors (Lipinski definition) is 4. The van der Waals surface area contributed by atoms with Crippen LogP contribution in [0.25, 0.3) is 0 Å². The van der Waals surface area contributed by atoms with E-state index in [9.17, 15) is 9.59 Å². The van der Waals surface area contributed by atoms with Gasteiger partial charge in [0.25, 0.3) is 0 Å². The van der Waals surface area contributed by atoms with Crippen LogP contribution in [-0.4, -0.2) is 28.1 Å². The third-order valence-electron chi connectivity index (χ3n) is 3.93. The van der Waals surface area contributed by atoms with Crippen LogP contribution in [0.4, 0.5) is 9.93 Å². The van der Waals surface area contributed by atoms with Gasteiger partial charge in [0.2, 0.25) is 0 Å². The predicted molar refractivity (Wildman–Crippen MR) is 75.1 cm³/mol. The quantitative estimate of drug-likeness (QED) is 0.795. The summed E-state index contributed by atoms with van der Waals surface area (Å²) >= 11 is 1.54. The van der Waals surface area contributed by atoms with E-state index in [1.165, 1.54) is 16.2 Å². The van der Waals surface area contributed by atoms with Gasteiger partial charge in [-0.05, 0) is 38.5 Å². The number of hydrogen-bond donors (Lipinski definition) is 3. The summed E-state index contributed by atoms with van der Waals surface area (Å²) in [5, 5.41) is 15.2. The highest BCUT2D eigenvalue weighted by Crippen LogP contribution is 2.30. The van der Waals surface area contributed by atoms with E-state index in [1.54, 1.807) is 0 Å². The van der Waals surface area contributed by atoms with Crippen molar-refractivity contribution in [2.45, 2.75) is 44.6 Å². The first-order chi connectivity index (χ1) is 9.61. The van der Waals surface area contributed by atoms with Gasteiger partial charge in [0.15, 0.2) is 5.13 Å². The monoisotopic (exact) mass is 295 g/mol. The molecule has 0 saturated heterocycles. The number of nitrogens with one attached hydrogen (secondary N) is 2. The van der Waals surface area contributed by atoms with Crippen LogP contribution in [0.5, 0.6) is 0 Å². The fourth-order valence-corrected chi connectivity index (χ4v) is 3.94. The number of aromatic nitrogens is 1. The van der Waals surface area contributed by atoms with Crippen LogP contribution in [0.3, 0.4) is 0 Å². The Morgan fingerprint density at radius 3 is 2.85 bits per heavy atom. The lowest BCUT2D eigenvalue weighted by Gasteiger charge is -2.12. The van der Waals surface area contributed by atoms with Crippen molar-refractivity contribution in [3.05, 3.63) is 10.6 Å². The first-order valence-corrected chi connectivity index (χ1v) is 7.72. The van der Waals surface area contributed by atoms with E-state index in [1.807, 2.05) is 0 Å². The van der Waals surface area contributed by atoms with Crippen LogP contribution >= 0.6 is 11.3 Å². The number of anilines is 1. The molecule has 108 valence electrons. The van der Waals surface area contributed by atoms with Crippen LogP contribution in [-0.2, 0) is 17.6 Å². The van der Waals surface area contributed by atoms with E-state index < -0.39 is 5.97 Å². The topological polar surface area (TPSA) is 91.3 Å². The third-order valence-corrected chi connectivity index (χ3v) is 5.01. The van der Waals surface area contributed by atoms with E-state index >= 15 is 0 Å². The maximum Gasteiger partial charge on any atom is 0.321 e. The minimum absolute atomic E-state index is 0.0529. The molecule has 2 aliphatic carbocycles. The van der Waals surface area contributed by atoms with Crippen LogP contribution < -0.4 is 10.6 Å². The molecule has 0 aromatic carbocycles. The number of nitrogens with zero attached hydrogens (tertiary/aromatic N) is 1. The average Bonchev–Trinajstić information content (AvgIpc) is 3.03. The van der Waals surface area contributed by atoms with Gasteiger partial charge in [-0.1, -0.05) is 0 Å². The highest BCUT2D eigenvalue weighted by atomic mass is 32.1. The lowest BCUT2D eigenvalue weighted by molar-refractivity contribution is -0.141. The fourth-order valence-electron chi connectivity index (χ4n) is 2.90. The van der Waals surface area contributed by atoms with E-state index in [0.29, 0.717) is 18.0 Å². The molecule has 0 aliphatic heterocycles. The highest BCUT2D eigenvalue weighted by Gasteiger charge is 2.30. The average molecular weight is 295 g/mol. The Kier molecular flexibility index (Phi) is 3.60. The lowest BCUT2D eigenvalue weighted by Crippen LogP contribution is -2.36. The zero-order valence-corrected chi connectivity index (χ0v) is 11.8. The Morgan fingerprint density at radius 2 is 2.15 bits per heavy atom. The number of carbonyl (C=O) groups is 2. The summed E-state index contributed by atoms with van der Waals surface area (Å²) in [5.41, 5.74) is 1.11. The summed E-state index contributed by atoms with van der Waals surface area (Å²) in [5.74, 6) is -1.10. The summed E-state index contributed by atoms with van der Waals surface area (Å²) in [7, 11) is 0. The maximum absolute atomic E-state index is 11.9. The van der Waals surface area contributed by atoms with Gasteiger partial charge in [0, 0.05) is 10.9 Å². The molecule has 2 atom stereocenters. The highest BCUT2D eigenvalue weighted by molar-refractivity contribution is 7.15. The fraction of sp³-hybridized carbons (Fsp3) is 0.615. The molecule has 2 amide bonds. The van der Waals surface area contributed by atoms with Crippen LogP contribution in [0.15, 0.2) is 0 Å². The Morgan fingerprint density at radius 1 is 1.30 bits per heavy atom. The molecule has 0 bridgehead atoms. The molecule has 3 rings (SSSR count). The van der Waals surface area contributed by atoms with Gasteiger partial charge in [-0.25, -0.2) is 9.78 Å². The summed E-state index contributed by atoms with van der Waals surface area (Å²) in [6, 6.07) is -0.337. The molecule has 1 aromatic heterocycles. The summed E-state index contributed by atoms with van der Waals surface area (Å²) in [6.45, 7) is 0. The molecule has 6 nitrogen and oxygen atoms in total. The van der Waals surface area contributed by atoms with Crippen molar-refractivity contribution in [2.24, 2.45) is 5.92 Å². The second-order valence-electron chi connectivity index (χ2n) is 5.39. The van der Waals surface area contributed by atoms with Crippen LogP contribution in [0, 0.1) is 5.92 Å². The van der Waals surface area contributed by atoms with Crippen molar-refractivity contribution < 1.29 is 14.7 Å². The summed E-state index contributed by atoms with van der Waals surface area (Å²) < 4.78 is 0. The number of urea groups is 1. The van der Waals surface area contributed by atoms with Crippen molar-refractivity contribution >= 4 is 28.5 Å². The number of rotatable bonds is 3. The molecule has 0 spiro atoms. The van der Waals surface area contributed by atoms with Gasteiger partial charge in [-0.15, -0.1) is 11.3 Å². The normalized spacial score (nSPS) is 24.4. The van der Waals surface area contributed by atoms with Crippen molar-refractivity contribution in [2.75, 3.05) is 5.32 Å².